The molecule has 4 aliphatic heterocycles. The molecule has 65 heavy (non-hydrogen) atoms. The molecule has 1 unspecified atom stereocenters. The van der Waals surface area contributed by atoms with Crippen LogP contribution in [0.3, 0.4) is 0 Å². The Kier molecular flexibility index (Phi) is 11.7. The Bertz CT molecular complexity index is 2830. The average molecular weight is 886 g/mol. The van der Waals surface area contributed by atoms with Gasteiger partial charge in [-0.2, -0.15) is 9.78 Å². The van der Waals surface area contributed by atoms with Gasteiger partial charge in [0.1, 0.15) is 23.2 Å². The van der Waals surface area contributed by atoms with Crippen LogP contribution in [0.5, 0.6) is 0 Å². The van der Waals surface area contributed by atoms with Crippen LogP contribution in [-0.4, -0.2) is 113 Å². The highest BCUT2D eigenvalue weighted by Crippen LogP contribution is 2.33. The number of aromatic amines is 1. The number of aromatic nitrogens is 5. The van der Waals surface area contributed by atoms with Crippen LogP contribution in [0.1, 0.15) is 59.6 Å². The highest BCUT2D eigenvalue weighted by Gasteiger charge is 2.33. The second-order valence-electron chi connectivity index (χ2n) is 17.5. The monoisotopic (exact) mass is 885 g/mol. The van der Waals surface area contributed by atoms with Gasteiger partial charge in [-0.1, -0.05) is 17.3 Å². The van der Waals surface area contributed by atoms with Gasteiger partial charge in [0.15, 0.2) is 5.82 Å². The Morgan fingerprint density at radius 2 is 1.66 bits per heavy atom. The van der Waals surface area contributed by atoms with Crippen LogP contribution >= 0.6 is 0 Å². The van der Waals surface area contributed by atoms with Gasteiger partial charge in [0.2, 0.25) is 5.91 Å². The van der Waals surface area contributed by atoms with Crippen molar-refractivity contribution in [2.75, 3.05) is 79.5 Å². The summed E-state index contributed by atoms with van der Waals surface area (Å²) >= 11 is 0. The molecule has 0 spiro atoms. The first-order valence-electron chi connectivity index (χ1n) is 22.3. The maximum Gasteiger partial charge on any atom is 0.280 e. The number of carbonyl (C=O) groups excluding carboxylic acids is 3. The molecule has 6 aromatic rings. The molecule has 0 bridgehead atoms. The number of hydrogen-bond donors (Lipinski definition) is 4. The minimum absolute atomic E-state index is 0.139. The number of nitrogens with zero attached hydrogens (tertiary/aromatic N) is 7. The number of imide groups is 1. The van der Waals surface area contributed by atoms with Crippen molar-refractivity contribution >= 4 is 62.4 Å². The number of nitrogens with one attached hydrogen (secondary N) is 4. The molecule has 4 saturated heterocycles. The van der Waals surface area contributed by atoms with Crippen LogP contribution in [0.25, 0.3) is 21.8 Å². The fraction of sp³-hybridized carbons (Fsp3) is 0.383. The minimum Gasteiger partial charge on any atom is -0.381 e. The highest BCUT2D eigenvalue weighted by molar-refractivity contribution is 6.11. The van der Waals surface area contributed by atoms with E-state index >= 15 is 0 Å². The SMILES string of the molecule is O=C1CCC(n2nnc3cccc(N4CC(CCN5CCN(c6ccc(C(=O)Nc7n[nH]c8ccc(Cc9cc(F)cc(F)c9)cc78)c(NC7CCOCC7)c6)CC5)C4)c3c2=O)C(=O)N1. The number of ether oxygens (including phenoxy) is 1. The van der Waals surface area contributed by atoms with Gasteiger partial charge < -0.3 is 25.2 Å². The van der Waals surface area contributed by atoms with E-state index in [1.54, 1.807) is 6.07 Å². The molecule has 3 amide bonds. The van der Waals surface area contributed by atoms with Gasteiger partial charge in [-0.25, -0.2) is 8.78 Å². The lowest BCUT2D eigenvalue weighted by atomic mass is 9.94. The second kappa shape index (κ2) is 18.0. The molecule has 2 aromatic heterocycles. The summed E-state index contributed by atoms with van der Waals surface area (Å²) in [5, 5.41) is 25.8. The predicted octanol–water partition coefficient (Wildman–Crippen LogP) is 5.01. The van der Waals surface area contributed by atoms with Crippen molar-refractivity contribution in [1.29, 1.82) is 0 Å². The molecule has 4 aliphatic rings. The molecule has 4 fully saturated rings. The summed E-state index contributed by atoms with van der Waals surface area (Å²) in [7, 11) is 0. The Balaban J connectivity index is 0.768. The van der Waals surface area contributed by atoms with E-state index in [2.05, 4.69) is 57.2 Å². The standard InChI is InChI=1S/C47H49F2N11O5/c48-31-21-30(22-32(49)24-31)20-28-4-7-37-36(23-28)44(55-53-37)52-45(62)35-6-5-34(25-39(35)50-33-11-18-65-19-12-33)58-16-14-57(15-17-58)13-10-29-26-59(27-29)40-3-1-2-38-43(40)47(64)60(56-54-38)41-8-9-42(61)51-46(41)63/h1-7,21-25,29,33,41,50H,8-20,26-27H2,(H,51,61,63)(H2,52,53,55,62). The Morgan fingerprint density at radius 3 is 2.45 bits per heavy atom. The van der Waals surface area contributed by atoms with Crippen LogP contribution in [-0.2, 0) is 20.7 Å². The summed E-state index contributed by atoms with van der Waals surface area (Å²) in [6, 6.07) is 19.8. The zero-order valence-electron chi connectivity index (χ0n) is 35.7. The number of halogens is 2. The maximum absolute atomic E-state index is 14.0. The van der Waals surface area contributed by atoms with E-state index in [9.17, 15) is 28.0 Å². The molecule has 1 atom stereocenters. The molecule has 0 radical (unpaired) electrons. The summed E-state index contributed by atoms with van der Waals surface area (Å²) in [6.07, 6.45) is 3.32. The summed E-state index contributed by atoms with van der Waals surface area (Å²) in [5.74, 6) is -1.64. The van der Waals surface area contributed by atoms with E-state index in [4.69, 9.17) is 4.74 Å². The third kappa shape index (κ3) is 9.00. The molecular formula is C47H49F2N11O5. The minimum atomic E-state index is -0.875. The number of amides is 3. The Morgan fingerprint density at radius 1 is 0.862 bits per heavy atom. The number of benzene rings is 4. The third-order valence-corrected chi connectivity index (χ3v) is 13.1. The van der Waals surface area contributed by atoms with Crippen molar-refractivity contribution in [3.05, 3.63) is 111 Å². The van der Waals surface area contributed by atoms with E-state index < -0.39 is 23.6 Å². The van der Waals surface area contributed by atoms with E-state index in [0.717, 1.165) is 104 Å². The molecule has 16 nitrogen and oxygen atoms in total. The number of H-pyrrole nitrogens is 1. The maximum atomic E-state index is 14.0. The summed E-state index contributed by atoms with van der Waals surface area (Å²) in [6.45, 7) is 7.32. The van der Waals surface area contributed by atoms with Crippen molar-refractivity contribution in [2.45, 2.75) is 50.6 Å². The lowest BCUT2D eigenvalue weighted by molar-refractivity contribution is -0.136. The number of rotatable bonds is 12. The number of hydrogen-bond acceptors (Lipinski definition) is 12. The molecule has 10 rings (SSSR count). The van der Waals surface area contributed by atoms with Crippen LogP contribution in [0.2, 0.25) is 0 Å². The zero-order valence-corrected chi connectivity index (χ0v) is 35.7. The fourth-order valence-electron chi connectivity index (χ4n) is 9.51. The van der Waals surface area contributed by atoms with Crippen molar-refractivity contribution in [3.8, 4) is 0 Å². The van der Waals surface area contributed by atoms with Gasteiger partial charge in [-0.05, 0) is 110 Å². The van der Waals surface area contributed by atoms with Crippen LogP contribution in [0, 0.1) is 17.6 Å². The van der Waals surface area contributed by atoms with Crippen molar-refractivity contribution in [3.63, 3.8) is 0 Å². The van der Waals surface area contributed by atoms with Crippen LogP contribution < -0.4 is 31.3 Å². The zero-order chi connectivity index (χ0) is 44.6. The first-order valence-corrected chi connectivity index (χ1v) is 22.3. The first kappa shape index (κ1) is 42.2. The number of anilines is 4. The third-order valence-electron chi connectivity index (χ3n) is 13.1. The van der Waals surface area contributed by atoms with E-state index in [1.165, 1.54) is 12.1 Å². The second-order valence-corrected chi connectivity index (χ2v) is 17.5. The predicted molar refractivity (Wildman–Crippen MR) is 241 cm³/mol. The Labute approximate surface area is 372 Å². The number of piperidine rings is 1. The molecule has 0 aliphatic carbocycles. The molecule has 18 heteroatoms. The largest absolute Gasteiger partial charge is 0.381 e. The number of fused-ring (bicyclic) bond motifs is 2. The van der Waals surface area contributed by atoms with Gasteiger partial charge >= 0.3 is 0 Å². The Hall–Kier alpha value is -6.79. The summed E-state index contributed by atoms with van der Waals surface area (Å²) < 4.78 is 34.5. The molecule has 6 heterocycles. The van der Waals surface area contributed by atoms with Gasteiger partial charge in [0, 0.05) is 87.8 Å². The lowest BCUT2D eigenvalue weighted by Crippen LogP contribution is -2.50. The van der Waals surface area contributed by atoms with Crippen molar-refractivity contribution < 1.29 is 27.9 Å². The summed E-state index contributed by atoms with van der Waals surface area (Å²) in [5.41, 5.74) is 5.18. The molecule has 0 saturated carbocycles. The first-order chi connectivity index (χ1) is 31.6. The average Bonchev–Trinajstić information content (AvgIpc) is 3.67. The molecular weight excluding hydrogens is 837 g/mol. The number of carbonyl (C=O) groups is 3. The van der Waals surface area contributed by atoms with E-state index in [0.29, 0.717) is 58.8 Å². The van der Waals surface area contributed by atoms with E-state index in [1.807, 2.05) is 42.5 Å². The molecule has 336 valence electrons. The van der Waals surface area contributed by atoms with Crippen LogP contribution in [0.15, 0.2) is 77.6 Å². The topological polar surface area (TPSA) is 183 Å². The van der Waals surface area contributed by atoms with E-state index in [-0.39, 0.29) is 36.3 Å². The fourth-order valence-corrected chi connectivity index (χ4v) is 9.51. The molecule has 4 aromatic carbocycles. The van der Waals surface area contributed by atoms with Crippen molar-refractivity contribution in [2.24, 2.45) is 5.92 Å². The van der Waals surface area contributed by atoms with Crippen molar-refractivity contribution in [1.82, 2.24) is 35.4 Å². The van der Waals surface area contributed by atoms with Gasteiger partial charge in [-0.15, -0.1) is 5.10 Å². The van der Waals surface area contributed by atoms with Gasteiger partial charge in [-0.3, -0.25) is 34.5 Å². The van der Waals surface area contributed by atoms with Gasteiger partial charge in [0.25, 0.3) is 17.4 Å². The number of piperazine rings is 1. The highest BCUT2D eigenvalue weighted by atomic mass is 19.1. The molecule has 4 N–H and O–H groups in total. The van der Waals surface area contributed by atoms with Crippen LogP contribution in [0.4, 0.5) is 31.7 Å². The van der Waals surface area contributed by atoms with Gasteiger partial charge in [0.05, 0.1) is 22.2 Å². The smallest absolute Gasteiger partial charge is 0.280 e. The quantitative estimate of drug-likeness (QED) is 0.121. The normalized spacial score (nSPS) is 18.8. The lowest BCUT2D eigenvalue weighted by Gasteiger charge is -2.43. The summed E-state index contributed by atoms with van der Waals surface area (Å²) in [4.78, 5) is 59.0.